The molecular weight excluding hydrogens is 260 g/mol. The van der Waals surface area contributed by atoms with Crippen molar-refractivity contribution in [1.82, 2.24) is 10.2 Å². The van der Waals surface area contributed by atoms with E-state index in [4.69, 9.17) is 0 Å². The molecule has 3 aliphatic rings. The first-order valence-corrected chi connectivity index (χ1v) is 7.74. The molecule has 1 saturated carbocycles. The molecule has 4 heteroatoms. The minimum absolute atomic E-state index is 0. The Morgan fingerprint density at radius 2 is 2.00 bits per heavy atom. The molecule has 3 atom stereocenters. The molecule has 0 radical (unpaired) electrons. The van der Waals surface area contributed by atoms with Gasteiger partial charge in [0.25, 0.3) is 0 Å². The fourth-order valence-electron chi connectivity index (χ4n) is 4.20. The zero-order valence-corrected chi connectivity index (χ0v) is 12.8. The molecular formula is C15H27ClN2O. The minimum Gasteiger partial charge on any atom is -0.339 e. The van der Waals surface area contributed by atoms with Crippen LogP contribution in [0.5, 0.6) is 0 Å². The summed E-state index contributed by atoms with van der Waals surface area (Å²) < 4.78 is 0. The standard InChI is InChI=1S/C15H26N2O.ClH/c1-11(13-4-6-16-7-5-13)8-15(18)17-10-12-2-3-14(17)9-12;/h11-14,16H,2-10H2,1H3;1H. The second kappa shape index (κ2) is 6.45. The molecule has 3 nitrogen and oxygen atoms in total. The average molecular weight is 287 g/mol. The van der Waals surface area contributed by atoms with Crippen LogP contribution >= 0.6 is 12.4 Å². The summed E-state index contributed by atoms with van der Waals surface area (Å²) in [5, 5.41) is 3.40. The van der Waals surface area contributed by atoms with Gasteiger partial charge in [-0.3, -0.25) is 4.79 Å². The summed E-state index contributed by atoms with van der Waals surface area (Å²) in [5.74, 6) is 2.59. The predicted molar refractivity (Wildman–Crippen MR) is 79.5 cm³/mol. The lowest BCUT2D eigenvalue weighted by atomic mass is 9.84. The Labute approximate surface area is 122 Å². The summed E-state index contributed by atoms with van der Waals surface area (Å²) in [6.45, 7) is 5.61. The summed E-state index contributed by atoms with van der Waals surface area (Å²) in [6, 6.07) is 0.600. The van der Waals surface area contributed by atoms with Crippen LogP contribution in [0.2, 0.25) is 0 Å². The van der Waals surface area contributed by atoms with Crippen LogP contribution in [-0.4, -0.2) is 36.5 Å². The molecule has 2 aliphatic heterocycles. The highest BCUT2D eigenvalue weighted by atomic mass is 35.5. The van der Waals surface area contributed by atoms with Crippen molar-refractivity contribution in [2.45, 2.75) is 51.5 Å². The molecule has 3 rings (SSSR count). The second-order valence-corrected chi connectivity index (χ2v) is 6.65. The van der Waals surface area contributed by atoms with Crippen LogP contribution in [-0.2, 0) is 4.79 Å². The Bertz CT molecular complexity index is 317. The van der Waals surface area contributed by atoms with Crippen LogP contribution in [0.1, 0.15) is 45.4 Å². The summed E-state index contributed by atoms with van der Waals surface area (Å²) in [5.41, 5.74) is 0. The van der Waals surface area contributed by atoms with E-state index in [9.17, 15) is 4.79 Å². The number of hydrogen-bond acceptors (Lipinski definition) is 2. The van der Waals surface area contributed by atoms with E-state index < -0.39 is 0 Å². The Morgan fingerprint density at radius 3 is 2.58 bits per heavy atom. The van der Waals surface area contributed by atoms with Gasteiger partial charge in [0.05, 0.1) is 0 Å². The molecule has 1 aliphatic carbocycles. The van der Waals surface area contributed by atoms with Crippen molar-refractivity contribution < 1.29 is 4.79 Å². The fourth-order valence-corrected chi connectivity index (χ4v) is 4.20. The Hall–Kier alpha value is -0.280. The van der Waals surface area contributed by atoms with Crippen LogP contribution in [0.3, 0.4) is 0 Å². The van der Waals surface area contributed by atoms with Gasteiger partial charge in [0.1, 0.15) is 0 Å². The molecule has 0 aromatic carbocycles. The topological polar surface area (TPSA) is 32.3 Å². The quantitative estimate of drug-likeness (QED) is 0.864. The third-order valence-corrected chi connectivity index (χ3v) is 5.41. The fraction of sp³-hybridized carbons (Fsp3) is 0.933. The number of amides is 1. The van der Waals surface area contributed by atoms with E-state index in [1.807, 2.05) is 0 Å². The van der Waals surface area contributed by atoms with Crippen molar-refractivity contribution in [2.75, 3.05) is 19.6 Å². The molecule has 0 aromatic heterocycles. The smallest absolute Gasteiger partial charge is 0.223 e. The van der Waals surface area contributed by atoms with E-state index in [2.05, 4.69) is 17.1 Å². The van der Waals surface area contributed by atoms with Gasteiger partial charge in [0.15, 0.2) is 0 Å². The second-order valence-electron chi connectivity index (χ2n) is 6.65. The SMILES string of the molecule is CC(CC(=O)N1CC2CCC1C2)C1CCNCC1.Cl. The zero-order valence-electron chi connectivity index (χ0n) is 11.9. The van der Waals surface area contributed by atoms with E-state index in [1.165, 1.54) is 32.1 Å². The number of carbonyl (C=O) groups excluding carboxylic acids is 1. The highest BCUT2D eigenvalue weighted by molar-refractivity contribution is 5.85. The van der Waals surface area contributed by atoms with Crippen LogP contribution in [0.4, 0.5) is 0 Å². The number of nitrogens with zero attached hydrogens (tertiary/aromatic N) is 1. The maximum Gasteiger partial charge on any atom is 0.223 e. The van der Waals surface area contributed by atoms with E-state index >= 15 is 0 Å². The van der Waals surface area contributed by atoms with Crippen LogP contribution < -0.4 is 5.32 Å². The van der Waals surface area contributed by atoms with Gasteiger partial charge in [0, 0.05) is 19.0 Å². The number of piperidine rings is 2. The lowest BCUT2D eigenvalue weighted by Gasteiger charge is -2.31. The van der Waals surface area contributed by atoms with Gasteiger partial charge in [-0.15, -0.1) is 12.4 Å². The molecule has 2 heterocycles. The molecule has 3 fully saturated rings. The zero-order chi connectivity index (χ0) is 12.5. The molecule has 2 saturated heterocycles. The van der Waals surface area contributed by atoms with Crippen LogP contribution in [0.15, 0.2) is 0 Å². The van der Waals surface area contributed by atoms with Gasteiger partial charge < -0.3 is 10.2 Å². The number of carbonyl (C=O) groups is 1. The monoisotopic (exact) mass is 286 g/mol. The normalized spacial score (nSPS) is 32.2. The number of nitrogens with one attached hydrogen (secondary N) is 1. The van der Waals surface area contributed by atoms with Crippen LogP contribution in [0, 0.1) is 17.8 Å². The van der Waals surface area contributed by atoms with Crippen molar-refractivity contribution >= 4 is 18.3 Å². The highest BCUT2D eigenvalue weighted by Crippen LogP contribution is 2.38. The predicted octanol–water partition coefficient (Wildman–Crippen LogP) is 2.44. The van der Waals surface area contributed by atoms with Gasteiger partial charge in [-0.05, 0) is 62.9 Å². The summed E-state index contributed by atoms with van der Waals surface area (Å²) in [6.07, 6.45) is 7.19. The summed E-state index contributed by atoms with van der Waals surface area (Å²) in [4.78, 5) is 14.6. The molecule has 0 aromatic rings. The molecule has 19 heavy (non-hydrogen) atoms. The maximum atomic E-state index is 12.4. The Morgan fingerprint density at radius 1 is 1.26 bits per heavy atom. The Balaban J connectivity index is 0.00000133. The molecule has 0 spiro atoms. The largest absolute Gasteiger partial charge is 0.339 e. The van der Waals surface area contributed by atoms with Crippen molar-refractivity contribution in [3.63, 3.8) is 0 Å². The lowest BCUT2D eigenvalue weighted by molar-refractivity contribution is -0.134. The van der Waals surface area contributed by atoms with Gasteiger partial charge in [-0.2, -0.15) is 0 Å². The maximum absolute atomic E-state index is 12.4. The molecule has 110 valence electrons. The number of rotatable bonds is 3. The number of halogens is 1. The molecule has 1 N–H and O–H groups in total. The third-order valence-electron chi connectivity index (χ3n) is 5.41. The first-order valence-electron chi connectivity index (χ1n) is 7.74. The van der Waals surface area contributed by atoms with Crippen molar-refractivity contribution in [1.29, 1.82) is 0 Å². The van der Waals surface area contributed by atoms with E-state index in [-0.39, 0.29) is 12.4 Å². The molecule has 2 bridgehead atoms. The van der Waals surface area contributed by atoms with Gasteiger partial charge >= 0.3 is 0 Å². The minimum atomic E-state index is 0. The first-order chi connectivity index (χ1) is 8.74. The number of likely N-dealkylation sites (tertiary alicyclic amines) is 1. The Kier molecular flexibility index (Phi) is 5.13. The van der Waals surface area contributed by atoms with Gasteiger partial charge in [-0.1, -0.05) is 6.92 Å². The average Bonchev–Trinajstić information content (AvgIpc) is 3.02. The lowest BCUT2D eigenvalue weighted by Crippen LogP contribution is -2.39. The van der Waals surface area contributed by atoms with Crippen molar-refractivity contribution in [2.24, 2.45) is 17.8 Å². The number of fused-ring (bicyclic) bond motifs is 2. The van der Waals surface area contributed by atoms with E-state index in [1.54, 1.807) is 0 Å². The summed E-state index contributed by atoms with van der Waals surface area (Å²) >= 11 is 0. The van der Waals surface area contributed by atoms with Crippen LogP contribution in [0.25, 0.3) is 0 Å². The van der Waals surface area contributed by atoms with Crippen molar-refractivity contribution in [3.05, 3.63) is 0 Å². The first kappa shape index (κ1) is 15.1. The summed E-state index contributed by atoms with van der Waals surface area (Å²) in [7, 11) is 0. The third kappa shape index (κ3) is 3.25. The highest BCUT2D eigenvalue weighted by Gasteiger charge is 2.40. The van der Waals surface area contributed by atoms with Gasteiger partial charge in [-0.25, -0.2) is 0 Å². The number of hydrogen-bond donors (Lipinski definition) is 1. The molecule has 3 unspecified atom stereocenters. The van der Waals surface area contributed by atoms with E-state index in [0.717, 1.165) is 37.9 Å². The van der Waals surface area contributed by atoms with Crippen molar-refractivity contribution in [3.8, 4) is 0 Å². The van der Waals surface area contributed by atoms with E-state index in [0.29, 0.717) is 17.9 Å². The molecule has 1 amide bonds. The van der Waals surface area contributed by atoms with Gasteiger partial charge in [0.2, 0.25) is 5.91 Å².